The Hall–Kier alpha value is -1.76. The van der Waals surface area contributed by atoms with Gasteiger partial charge in [-0.15, -0.1) is 0 Å². The minimum absolute atomic E-state index is 0.227. The molecule has 1 saturated carbocycles. The third kappa shape index (κ3) is 3.66. The molecule has 0 radical (unpaired) electrons. The van der Waals surface area contributed by atoms with Crippen LogP contribution < -0.4 is 0 Å². The van der Waals surface area contributed by atoms with Gasteiger partial charge in [-0.2, -0.15) is 10.1 Å². The fourth-order valence-electron chi connectivity index (χ4n) is 2.92. The number of nitrogens with zero attached hydrogens (tertiary/aromatic N) is 5. The van der Waals surface area contributed by atoms with Crippen LogP contribution in [0, 0.1) is 5.92 Å². The number of hydrogen-bond donors (Lipinski definition) is 1. The van der Waals surface area contributed by atoms with E-state index >= 15 is 0 Å². The lowest BCUT2D eigenvalue weighted by atomic mass is 9.87. The summed E-state index contributed by atoms with van der Waals surface area (Å²) in [4.78, 5) is 8.17. The summed E-state index contributed by atoms with van der Waals surface area (Å²) >= 11 is 0. The molecule has 114 valence electrons. The normalized spacial score (nSPS) is 19.1. The molecular weight excluding hydrogens is 270 g/mol. The molecule has 0 aromatic carbocycles. The highest BCUT2D eigenvalue weighted by Crippen LogP contribution is 2.32. The average molecular weight is 291 g/mol. The Bertz CT molecular complexity index is 531. The van der Waals surface area contributed by atoms with Crippen molar-refractivity contribution in [3.8, 4) is 0 Å². The van der Waals surface area contributed by atoms with Crippen molar-refractivity contribution in [3.63, 3.8) is 0 Å². The topological polar surface area (TPSA) is 89.9 Å². The van der Waals surface area contributed by atoms with E-state index in [1.165, 1.54) is 38.4 Å². The lowest BCUT2D eigenvalue weighted by Crippen LogP contribution is -2.15. The monoisotopic (exact) mass is 291 g/mol. The van der Waals surface area contributed by atoms with Gasteiger partial charge in [0.05, 0.1) is 0 Å². The van der Waals surface area contributed by atoms with Crippen LogP contribution >= 0.6 is 0 Å². The molecule has 1 fully saturated rings. The Balaban J connectivity index is 1.63. The van der Waals surface area contributed by atoms with Crippen LogP contribution in [-0.4, -0.2) is 30.0 Å². The molecule has 2 heterocycles. The van der Waals surface area contributed by atoms with Gasteiger partial charge in [0.1, 0.15) is 25.3 Å². The quantitative estimate of drug-likeness (QED) is 0.927. The molecular formula is C14H21N5O2. The van der Waals surface area contributed by atoms with Crippen LogP contribution in [0.5, 0.6) is 0 Å². The first kappa shape index (κ1) is 14.2. The lowest BCUT2D eigenvalue weighted by molar-refractivity contribution is 0.0605. The predicted molar refractivity (Wildman–Crippen MR) is 74.2 cm³/mol. The van der Waals surface area contributed by atoms with Crippen LogP contribution in [0.25, 0.3) is 0 Å². The molecule has 7 heteroatoms. The minimum Gasteiger partial charge on any atom is -0.383 e. The van der Waals surface area contributed by atoms with Crippen molar-refractivity contribution in [1.82, 2.24) is 24.9 Å². The standard InChI is InChI=1S/C14H21N5O2/c20-13(11-6-4-2-1-3-5-7-11)14-17-12(18-21-14)8-19-10-15-9-16-19/h9-11,13,20H,1-8H2. The molecule has 1 aliphatic rings. The second-order valence-electron chi connectivity index (χ2n) is 5.69. The summed E-state index contributed by atoms with van der Waals surface area (Å²) in [6.45, 7) is 0.404. The van der Waals surface area contributed by atoms with Gasteiger partial charge < -0.3 is 9.63 Å². The molecule has 0 bridgehead atoms. The zero-order valence-corrected chi connectivity index (χ0v) is 12.1. The molecule has 1 atom stereocenters. The summed E-state index contributed by atoms with van der Waals surface area (Å²) in [6, 6.07) is 0. The summed E-state index contributed by atoms with van der Waals surface area (Å²) in [5.41, 5.74) is 0. The van der Waals surface area contributed by atoms with Crippen LogP contribution in [0.15, 0.2) is 17.2 Å². The molecule has 2 aromatic heterocycles. The van der Waals surface area contributed by atoms with Gasteiger partial charge in [0.2, 0.25) is 0 Å². The number of hydrogen-bond acceptors (Lipinski definition) is 6. The third-order valence-corrected chi connectivity index (χ3v) is 4.10. The van der Waals surface area contributed by atoms with Gasteiger partial charge in [0, 0.05) is 0 Å². The van der Waals surface area contributed by atoms with Crippen LogP contribution in [0.4, 0.5) is 0 Å². The Morgan fingerprint density at radius 1 is 1.24 bits per heavy atom. The van der Waals surface area contributed by atoms with E-state index in [0.717, 1.165) is 12.8 Å². The van der Waals surface area contributed by atoms with Gasteiger partial charge in [0.25, 0.3) is 5.89 Å². The molecule has 7 nitrogen and oxygen atoms in total. The molecule has 0 aliphatic heterocycles. The summed E-state index contributed by atoms with van der Waals surface area (Å²) in [5, 5.41) is 18.4. The Morgan fingerprint density at radius 2 is 2.00 bits per heavy atom. The Labute approximate surface area is 123 Å². The van der Waals surface area contributed by atoms with E-state index in [4.69, 9.17) is 4.52 Å². The summed E-state index contributed by atoms with van der Waals surface area (Å²) in [6.07, 6.45) is 10.6. The zero-order chi connectivity index (χ0) is 14.5. The summed E-state index contributed by atoms with van der Waals surface area (Å²) in [7, 11) is 0. The highest BCUT2D eigenvalue weighted by molar-refractivity contribution is 4.93. The van der Waals surface area contributed by atoms with Crippen molar-refractivity contribution in [2.45, 2.75) is 57.6 Å². The maximum absolute atomic E-state index is 10.5. The van der Waals surface area contributed by atoms with E-state index in [9.17, 15) is 5.11 Å². The molecule has 2 aromatic rings. The van der Waals surface area contributed by atoms with E-state index in [2.05, 4.69) is 20.2 Å². The Kier molecular flexibility index (Phi) is 4.59. The number of aliphatic hydroxyl groups is 1. The Morgan fingerprint density at radius 3 is 2.71 bits per heavy atom. The van der Waals surface area contributed by atoms with Gasteiger partial charge in [-0.1, -0.05) is 37.3 Å². The van der Waals surface area contributed by atoms with Crippen LogP contribution in [0.3, 0.4) is 0 Å². The van der Waals surface area contributed by atoms with Gasteiger partial charge in [0.15, 0.2) is 5.82 Å². The molecule has 1 N–H and O–H groups in total. The molecule has 3 rings (SSSR count). The maximum Gasteiger partial charge on any atom is 0.255 e. The lowest BCUT2D eigenvalue weighted by Gasteiger charge is -2.22. The summed E-state index contributed by atoms with van der Waals surface area (Å²) < 4.78 is 6.85. The van der Waals surface area contributed by atoms with Crippen molar-refractivity contribution in [1.29, 1.82) is 0 Å². The van der Waals surface area contributed by atoms with Gasteiger partial charge in [-0.3, -0.25) is 0 Å². The van der Waals surface area contributed by atoms with Crippen LogP contribution in [-0.2, 0) is 6.54 Å². The molecule has 1 unspecified atom stereocenters. The molecule has 0 spiro atoms. The fourth-order valence-corrected chi connectivity index (χ4v) is 2.92. The van der Waals surface area contributed by atoms with E-state index in [0.29, 0.717) is 18.3 Å². The van der Waals surface area contributed by atoms with Gasteiger partial charge in [-0.05, 0) is 18.8 Å². The first-order valence-corrected chi connectivity index (χ1v) is 7.66. The zero-order valence-electron chi connectivity index (χ0n) is 12.1. The largest absolute Gasteiger partial charge is 0.383 e. The third-order valence-electron chi connectivity index (χ3n) is 4.10. The molecule has 1 aliphatic carbocycles. The number of aromatic nitrogens is 5. The molecule has 0 saturated heterocycles. The van der Waals surface area contributed by atoms with Crippen LogP contribution in [0.1, 0.15) is 62.8 Å². The van der Waals surface area contributed by atoms with Gasteiger partial charge >= 0.3 is 0 Å². The van der Waals surface area contributed by atoms with E-state index in [-0.39, 0.29) is 5.92 Å². The first-order valence-electron chi connectivity index (χ1n) is 7.66. The highest BCUT2D eigenvalue weighted by atomic mass is 16.5. The average Bonchev–Trinajstić information content (AvgIpc) is 3.10. The smallest absolute Gasteiger partial charge is 0.255 e. The summed E-state index contributed by atoms with van der Waals surface area (Å²) in [5.74, 6) is 1.07. The van der Waals surface area contributed by atoms with Crippen molar-refractivity contribution in [2.75, 3.05) is 0 Å². The second kappa shape index (κ2) is 6.80. The number of aliphatic hydroxyl groups excluding tert-OH is 1. The van der Waals surface area contributed by atoms with Crippen molar-refractivity contribution in [2.24, 2.45) is 5.92 Å². The van der Waals surface area contributed by atoms with E-state index in [1.807, 2.05) is 0 Å². The van der Waals surface area contributed by atoms with E-state index in [1.54, 1.807) is 11.0 Å². The van der Waals surface area contributed by atoms with Crippen molar-refractivity contribution >= 4 is 0 Å². The van der Waals surface area contributed by atoms with Crippen molar-refractivity contribution in [3.05, 3.63) is 24.4 Å². The van der Waals surface area contributed by atoms with Crippen LogP contribution in [0.2, 0.25) is 0 Å². The second-order valence-corrected chi connectivity index (χ2v) is 5.69. The van der Waals surface area contributed by atoms with E-state index < -0.39 is 6.10 Å². The van der Waals surface area contributed by atoms with Gasteiger partial charge in [-0.25, -0.2) is 9.67 Å². The fraction of sp³-hybridized carbons (Fsp3) is 0.714. The predicted octanol–water partition coefficient (Wildman–Crippen LogP) is 2.10. The highest BCUT2D eigenvalue weighted by Gasteiger charge is 2.26. The maximum atomic E-state index is 10.5. The number of rotatable bonds is 4. The molecule has 0 amide bonds. The molecule has 21 heavy (non-hydrogen) atoms. The minimum atomic E-state index is -0.653. The SMILES string of the molecule is OC(c1nc(Cn2cncn2)no1)C1CCCCCCC1. The first-order chi connectivity index (χ1) is 10.3. The van der Waals surface area contributed by atoms with Crippen molar-refractivity contribution < 1.29 is 9.63 Å².